The molecule has 2 rings (SSSR count). The predicted octanol–water partition coefficient (Wildman–Crippen LogP) is 1.54. The summed E-state index contributed by atoms with van der Waals surface area (Å²) in [5, 5.41) is 4.16. The summed E-state index contributed by atoms with van der Waals surface area (Å²) in [5.41, 5.74) is -0.214. The fraction of sp³-hybridized carbons (Fsp3) is 0.778. The Morgan fingerprint density at radius 2 is 2.08 bits per heavy atom. The minimum absolute atomic E-state index is 0.214. The monoisotopic (exact) mass is 181 g/mol. The first-order valence-corrected chi connectivity index (χ1v) is 4.78. The molecule has 0 N–H and O–H groups in total. The average Bonchev–Trinajstić information content (AvgIpc) is 2.72. The Labute approximate surface area is 77.9 Å². The van der Waals surface area contributed by atoms with Crippen molar-refractivity contribution in [3.05, 3.63) is 12.7 Å². The molecule has 0 unspecified atom stereocenters. The smallest absolute Gasteiger partial charge is 0.162 e. The minimum atomic E-state index is -0.214. The third-order valence-electron chi connectivity index (χ3n) is 2.85. The molecule has 0 radical (unpaired) electrons. The lowest BCUT2D eigenvalue weighted by molar-refractivity contribution is -0.114. The van der Waals surface area contributed by atoms with Crippen molar-refractivity contribution in [2.45, 2.75) is 37.8 Å². The van der Waals surface area contributed by atoms with E-state index in [1.54, 1.807) is 19.8 Å². The lowest BCUT2D eigenvalue weighted by Gasteiger charge is -2.35. The Morgan fingerprint density at radius 3 is 2.62 bits per heavy atom. The maximum Gasteiger partial charge on any atom is 0.162 e. The summed E-state index contributed by atoms with van der Waals surface area (Å²) in [5.74, 6) is 0. The molecule has 4 nitrogen and oxygen atoms in total. The van der Waals surface area contributed by atoms with Crippen molar-refractivity contribution in [3.8, 4) is 0 Å². The number of hydrogen-bond acceptors (Lipinski definition) is 3. The molecule has 0 atom stereocenters. The van der Waals surface area contributed by atoms with E-state index in [1.807, 2.05) is 4.68 Å². The molecule has 1 aromatic rings. The summed E-state index contributed by atoms with van der Waals surface area (Å²) in [6.45, 7) is 0. The van der Waals surface area contributed by atoms with Crippen molar-refractivity contribution in [2.75, 3.05) is 7.11 Å². The molecule has 1 aromatic heterocycles. The van der Waals surface area contributed by atoms with Crippen molar-refractivity contribution in [1.29, 1.82) is 0 Å². The first-order valence-electron chi connectivity index (χ1n) is 4.78. The summed E-state index contributed by atoms with van der Waals surface area (Å²) in [6.07, 6.45) is 9.14. The first-order chi connectivity index (χ1) is 6.37. The van der Waals surface area contributed by atoms with Crippen LogP contribution in [0.1, 0.15) is 32.1 Å². The van der Waals surface area contributed by atoms with Crippen LogP contribution in [0.15, 0.2) is 12.7 Å². The number of nitrogens with zero attached hydrogens (tertiary/aromatic N) is 3. The fourth-order valence-corrected chi connectivity index (χ4v) is 2.05. The Balaban J connectivity index is 2.23. The van der Waals surface area contributed by atoms with Crippen molar-refractivity contribution < 1.29 is 4.74 Å². The van der Waals surface area contributed by atoms with E-state index in [0.29, 0.717) is 0 Å². The summed E-state index contributed by atoms with van der Waals surface area (Å²) in [7, 11) is 1.76. The fourth-order valence-electron chi connectivity index (χ4n) is 2.05. The topological polar surface area (TPSA) is 39.9 Å². The van der Waals surface area contributed by atoms with Crippen LogP contribution in [-0.4, -0.2) is 21.9 Å². The lowest BCUT2D eigenvalue weighted by Crippen LogP contribution is -2.38. The van der Waals surface area contributed by atoms with Crippen LogP contribution in [-0.2, 0) is 10.5 Å². The zero-order valence-corrected chi connectivity index (χ0v) is 7.94. The SMILES string of the molecule is COC1(n2cncn2)CCCCC1. The maximum atomic E-state index is 5.58. The molecule has 1 heterocycles. The summed E-state index contributed by atoms with van der Waals surface area (Å²) in [4.78, 5) is 3.96. The number of hydrogen-bond donors (Lipinski definition) is 0. The number of rotatable bonds is 2. The van der Waals surface area contributed by atoms with Gasteiger partial charge < -0.3 is 4.74 Å². The zero-order chi connectivity index (χ0) is 9.15. The molecule has 0 saturated heterocycles. The van der Waals surface area contributed by atoms with Gasteiger partial charge in [-0.3, -0.25) is 0 Å². The van der Waals surface area contributed by atoms with Gasteiger partial charge in [0.2, 0.25) is 0 Å². The molecular weight excluding hydrogens is 166 g/mol. The molecule has 1 aliphatic carbocycles. The van der Waals surface area contributed by atoms with Crippen LogP contribution in [0.3, 0.4) is 0 Å². The second-order valence-corrected chi connectivity index (χ2v) is 3.55. The van der Waals surface area contributed by atoms with E-state index in [-0.39, 0.29) is 5.72 Å². The largest absolute Gasteiger partial charge is 0.357 e. The van der Waals surface area contributed by atoms with Crippen LogP contribution < -0.4 is 0 Å². The molecule has 13 heavy (non-hydrogen) atoms. The third-order valence-corrected chi connectivity index (χ3v) is 2.85. The molecule has 1 aliphatic rings. The summed E-state index contributed by atoms with van der Waals surface area (Å²) in [6, 6.07) is 0. The van der Waals surface area contributed by atoms with Gasteiger partial charge in [-0.1, -0.05) is 6.42 Å². The van der Waals surface area contributed by atoms with Gasteiger partial charge in [0.25, 0.3) is 0 Å². The quantitative estimate of drug-likeness (QED) is 0.694. The number of ether oxygens (including phenoxy) is 1. The molecule has 4 heteroatoms. The first kappa shape index (κ1) is 8.69. The van der Waals surface area contributed by atoms with Crippen LogP contribution in [0, 0.1) is 0 Å². The third kappa shape index (κ3) is 1.46. The van der Waals surface area contributed by atoms with Crippen LogP contribution in [0.5, 0.6) is 0 Å². The summed E-state index contributed by atoms with van der Waals surface area (Å²) < 4.78 is 7.44. The Hall–Kier alpha value is -0.900. The Morgan fingerprint density at radius 1 is 1.31 bits per heavy atom. The molecule has 0 bridgehead atoms. The van der Waals surface area contributed by atoms with Crippen molar-refractivity contribution >= 4 is 0 Å². The minimum Gasteiger partial charge on any atom is -0.357 e. The molecule has 1 saturated carbocycles. The number of aromatic nitrogens is 3. The predicted molar refractivity (Wildman–Crippen MR) is 48.1 cm³/mol. The highest BCUT2D eigenvalue weighted by molar-refractivity contribution is 4.80. The Kier molecular flexibility index (Phi) is 2.31. The molecule has 72 valence electrons. The van der Waals surface area contributed by atoms with E-state index in [2.05, 4.69) is 10.1 Å². The van der Waals surface area contributed by atoms with E-state index in [9.17, 15) is 0 Å². The second-order valence-electron chi connectivity index (χ2n) is 3.55. The summed E-state index contributed by atoms with van der Waals surface area (Å²) >= 11 is 0. The van der Waals surface area contributed by atoms with Gasteiger partial charge in [-0.2, -0.15) is 5.10 Å². The van der Waals surface area contributed by atoms with E-state index >= 15 is 0 Å². The highest BCUT2D eigenvalue weighted by Crippen LogP contribution is 2.34. The van der Waals surface area contributed by atoms with E-state index < -0.39 is 0 Å². The molecule has 0 spiro atoms. The van der Waals surface area contributed by atoms with Gasteiger partial charge in [-0.25, -0.2) is 9.67 Å². The number of methoxy groups -OCH3 is 1. The normalized spacial score (nSPS) is 21.6. The Bertz CT molecular complexity index is 252. The standard InChI is InChI=1S/C9H15N3O/c1-13-9(5-3-2-4-6-9)12-8-10-7-11-12/h7-8H,2-6H2,1H3. The molecule has 1 fully saturated rings. The zero-order valence-electron chi connectivity index (χ0n) is 7.94. The highest BCUT2D eigenvalue weighted by atomic mass is 16.5. The maximum absolute atomic E-state index is 5.58. The van der Waals surface area contributed by atoms with E-state index in [0.717, 1.165) is 12.8 Å². The van der Waals surface area contributed by atoms with Gasteiger partial charge in [0.1, 0.15) is 12.7 Å². The van der Waals surface area contributed by atoms with Crippen molar-refractivity contribution in [1.82, 2.24) is 14.8 Å². The van der Waals surface area contributed by atoms with Crippen LogP contribution in [0.2, 0.25) is 0 Å². The van der Waals surface area contributed by atoms with Gasteiger partial charge in [0.05, 0.1) is 0 Å². The van der Waals surface area contributed by atoms with E-state index in [1.165, 1.54) is 19.3 Å². The van der Waals surface area contributed by atoms with Gasteiger partial charge in [-0.05, 0) is 25.7 Å². The average molecular weight is 181 g/mol. The second kappa shape index (κ2) is 3.46. The molecule has 0 aliphatic heterocycles. The van der Waals surface area contributed by atoms with E-state index in [4.69, 9.17) is 4.74 Å². The van der Waals surface area contributed by atoms with Gasteiger partial charge in [0.15, 0.2) is 5.72 Å². The van der Waals surface area contributed by atoms with Gasteiger partial charge >= 0.3 is 0 Å². The van der Waals surface area contributed by atoms with Crippen molar-refractivity contribution in [2.24, 2.45) is 0 Å². The van der Waals surface area contributed by atoms with Crippen LogP contribution >= 0.6 is 0 Å². The van der Waals surface area contributed by atoms with Gasteiger partial charge in [-0.15, -0.1) is 0 Å². The van der Waals surface area contributed by atoms with Gasteiger partial charge in [0, 0.05) is 7.11 Å². The van der Waals surface area contributed by atoms with Crippen LogP contribution in [0.4, 0.5) is 0 Å². The van der Waals surface area contributed by atoms with Crippen LogP contribution in [0.25, 0.3) is 0 Å². The molecular formula is C9H15N3O. The van der Waals surface area contributed by atoms with Crippen molar-refractivity contribution in [3.63, 3.8) is 0 Å². The molecule has 0 amide bonds. The highest BCUT2D eigenvalue weighted by Gasteiger charge is 2.34. The molecule has 0 aromatic carbocycles. The lowest BCUT2D eigenvalue weighted by atomic mass is 9.92.